The molecule has 8 heteroatoms. The third-order valence-corrected chi connectivity index (χ3v) is 7.77. The van der Waals surface area contributed by atoms with Crippen molar-refractivity contribution in [2.24, 2.45) is 0 Å². The third kappa shape index (κ3) is 5.17. The van der Waals surface area contributed by atoms with Gasteiger partial charge in [-0.05, 0) is 91.6 Å². The highest BCUT2D eigenvalue weighted by molar-refractivity contribution is 7.05. The molecule has 1 saturated heterocycles. The number of carbonyl (C=O) groups is 1. The minimum atomic E-state index is -0.0403. The van der Waals surface area contributed by atoms with E-state index in [1.807, 2.05) is 18.2 Å². The van der Waals surface area contributed by atoms with Gasteiger partial charge in [0.2, 0.25) is 5.91 Å². The molecule has 3 heterocycles. The predicted octanol–water partition coefficient (Wildman–Crippen LogP) is 5.58. The van der Waals surface area contributed by atoms with Crippen LogP contribution in [0.4, 0.5) is 5.69 Å². The van der Waals surface area contributed by atoms with Crippen molar-refractivity contribution in [3.05, 3.63) is 75.4 Å². The first kappa shape index (κ1) is 23.0. The smallest absolute Gasteiger partial charge is 0.229 e. The van der Waals surface area contributed by atoms with Gasteiger partial charge in [0.05, 0.1) is 28.0 Å². The lowest BCUT2D eigenvalue weighted by atomic mass is 9.89. The summed E-state index contributed by atoms with van der Waals surface area (Å²) in [6, 6.07) is 12.3. The first-order chi connectivity index (χ1) is 16.6. The number of hydrogen-bond acceptors (Lipinski definition) is 5. The van der Waals surface area contributed by atoms with Gasteiger partial charge >= 0.3 is 0 Å². The number of carbonyl (C=O) groups excluding carboxylic acids is 1. The van der Waals surface area contributed by atoms with E-state index < -0.39 is 0 Å². The van der Waals surface area contributed by atoms with Crippen LogP contribution in [0.5, 0.6) is 0 Å². The van der Waals surface area contributed by atoms with Gasteiger partial charge in [-0.3, -0.25) is 4.79 Å². The van der Waals surface area contributed by atoms with Crippen molar-refractivity contribution in [1.29, 1.82) is 0 Å². The summed E-state index contributed by atoms with van der Waals surface area (Å²) in [7, 11) is 0. The second-order valence-corrected chi connectivity index (χ2v) is 10.3. The SMILES string of the molecule is Cc1ccc(NC(=O)Cc2cnns2)cc1CCN1CCC(c2c[nH]c3c(Cl)cccc23)CC1. The number of hydrogen-bond donors (Lipinski definition) is 2. The second-order valence-electron chi connectivity index (χ2n) is 9.02. The number of anilines is 1. The van der Waals surface area contributed by atoms with Crippen LogP contribution in [0, 0.1) is 6.92 Å². The third-order valence-electron chi connectivity index (χ3n) is 6.80. The second kappa shape index (κ2) is 10.3. The Morgan fingerprint density at radius 1 is 1.26 bits per heavy atom. The number of aromatic amines is 1. The van der Waals surface area contributed by atoms with Gasteiger partial charge in [-0.1, -0.05) is 34.3 Å². The molecule has 0 unspecified atom stereocenters. The molecule has 0 atom stereocenters. The minimum Gasteiger partial charge on any atom is -0.360 e. The average molecular weight is 494 g/mol. The maximum Gasteiger partial charge on any atom is 0.229 e. The molecule has 0 spiro atoms. The van der Waals surface area contributed by atoms with Gasteiger partial charge in [0.15, 0.2) is 0 Å². The maximum atomic E-state index is 12.3. The van der Waals surface area contributed by atoms with Crippen LogP contribution in [0.3, 0.4) is 0 Å². The fraction of sp³-hybridized carbons (Fsp3) is 0.346. The molecule has 34 heavy (non-hydrogen) atoms. The number of aromatic nitrogens is 3. The number of nitrogens with zero attached hydrogens (tertiary/aromatic N) is 3. The monoisotopic (exact) mass is 493 g/mol. The molecule has 1 aliphatic rings. The summed E-state index contributed by atoms with van der Waals surface area (Å²) in [4.78, 5) is 19.1. The fourth-order valence-corrected chi connectivity index (χ4v) is 5.59. The Bertz CT molecular complexity index is 1280. The summed E-state index contributed by atoms with van der Waals surface area (Å²) in [5.74, 6) is 0.527. The van der Waals surface area contributed by atoms with Gasteiger partial charge < -0.3 is 15.2 Å². The average Bonchev–Trinajstić information content (AvgIpc) is 3.50. The maximum absolute atomic E-state index is 12.3. The standard InChI is InChI=1S/C26H28ClN5OS/c1-17-5-6-20(30-25(33)14-21-15-29-31-34-21)13-19(17)9-12-32-10-7-18(8-11-32)23-16-28-26-22(23)3-2-4-24(26)27/h2-6,13,15-16,18,28H,7-12,14H2,1H3,(H,30,33). The van der Waals surface area contributed by atoms with Crippen molar-refractivity contribution >= 4 is 45.6 Å². The number of benzene rings is 2. The van der Waals surface area contributed by atoms with Crippen molar-refractivity contribution in [1.82, 2.24) is 19.5 Å². The molecule has 2 N–H and O–H groups in total. The Labute approximate surface area is 208 Å². The highest BCUT2D eigenvalue weighted by Gasteiger charge is 2.23. The van der Waals surface area contributed by atoms with Gasteiger partial charge in [-0.25, -0.2) is 0 Å². The van der Waals surface area contributed by atoms with Crippen LogP contribution in [-0.2, 0) is 17.6 Å². The molecule has 6 nitrogen and oxygen atoms in total. The number of halogens is 1. The predicted molar refractivity (Wildman–Crippen MR) is 139 cm³/mol. The summed E-state index contributed by atoms with van der Waals surface area (Å²) < 4.78 is 3.81. The van der Waals surface area contributed by atoms with E-state index in [0.29, 0.717) is 12.3 Å². The zero-order chi connectivity index (χ0) is 23.5. The van der Waals surface area contributed by atoms with Crippen molar-refractivity contribution in [3.63, 3.8) is 0 Å². The summed E-state index contributed by atoms with van der Waals surface area (Å²) in [6.45, 7) is 5.35. The number of piperidine rings is 1. The molecule has 2 aromatic heterocycles. The lowest BCUT2D eigenvalue weighted by molar-refractivity contribution is -0.115. The quantitative estimate of drug-likeness (QED) is 0.352. The summed E-state index contributed by atoms with van der Waals surface area (Å²) in [5, 5.41) is 8.85. The molecule has 5 rings (SSSR count). The highest BCUT2D eigenvalue weighted by atomic mass is 35.5. The molecular formula is C26H28ClN5OS. The van der Waals surface area contributed by atoms with Crippen LogP contribution < -0.4 is 5.32 Å². The van der Waals surface area contributed by atoms with Crippen molar-refractivity contribution in [2.75, 3.05) is 25.0 Å². The van der Waals surface area contributed by atoms with Crippen molar-refractivity contribution in [3.8, 4) is 0 Å². The Hall–Kier alpha value is -2.74. The van der Waals surface area contributed by atoms with Crippen LogP contribution in [0.1, 0.15) is 40.3 Å². The summed E-state index contributed by atoms with van der Waals surface area (Å²) in [5.41, 5.74) is 5.83. The van der Waals surface area contributed by atoms with E-state index in [4.69, 9.17) is 11.6 Å². The number of nitrogens with one attached hydrogen (secondary N) is 2. The van der Waals surface area contributed by atoms with E-state index in [1.54, 1.807) is 6.20 Å². The molecule has 1 amide bonds. The normalized spacial score (nSPS) is 15.1. The molecule has 0 aliphatic carbocycles. The zero-order valence-corrected chi connectivity index (χ0v) is 20.8. The van der Waals surface area contributed by atoms with Crippen LogP contribution in [0.15, 0.2) is 48.8 Å². The van der Waals surface area contributed by atoms with Gasteiger partial charge in [-0.2, -0.15) is 0 Å². The molecule has 0 saturated carbocycles. The lowest BCUT2D eigenvalue weighted by Crippen LogP contribution is -2.34. The number of fused-ring (bicyclic) bond motifs is 1. The number of aryl methyl sites for hydroxylation is 1. The van der Waals surface area contributed by atoms with E-state index in [1.165, 1.54) is 33.6 Å². The van der Waals surface area contributed by atoms with E-state index in [0.717, 1.165) is 60.0 Å². The largest absolute Gasteiger partial charge is 0.360 e. The van der Waals surface area contributed by atoms with E-state index in [2.05, 4.69) is 56.1 Å². The zero-order valence-electron chi connectivity index (χ0n) is 19.2. The molecule has 4 aromatic rings. The molecule has 2 aromatic carbocycles. The number of para-hydroxylation sites is 1. The Morgan fingerprint density at radius 3 is 2.91 bits per heavy atom. The van der Waals surface area contributed by atoms with Crippen LogP contribution in [-0.4, -0.2) is 45.0 Å². The van der Waals surface area contributed by atoms with Crippen LogP contribution in [0.25, 0.3) is 10.9 Å². The van der Waals surface area contributed by atoms with Crippen LogP contribution in [0.2, 0.25) is 5.02 Å². The summed E-state index contributed by atoms with van der Waals surface area (Å²) >= 11 is 7.60. The first-order valence-corrected chi connectivity index (χ1v) is 12.9. The van der Waals surface area contributed by atoms with E-state index in [9.17, 15) is 4.79 Å². The fourth-order valence-electron chi connectivity index (χ4n) is 4.87. The highest BCUT2D eigenvalue weighted by Crippen LogP contribution is 2.35. The van der Waals surface area contributed by atoms with E-state index in [-0.39, 0.29) is 5.91 Å². The lowest BCUT2D eigenvalue weighted by Gasteiger charge is -2.32. The molecular weight excluding hydrogens is 466 g/mol. The summed E-state index contributed by atoms with van der Waals surface area (Å²) in [6.07, 6.45) is 7.37. The number of amides is 1. The number of H-pyrrole nitrogens is 1. The molecule has 1 fully saturated rings. The van der Waals surface area contributed by atoms with Gasteiger partial charge in [0.1, 0.15) is 0 Å². The number of rotatable bonds is 7. The number of likely N-dealkylation sites (tertiary alicyclic amines) is 1. The van der Waals surface area contributed by atoms with E-state index >= 15 is 0 Å². The van der Waals surface area contributed by atoms with Gasteiger partial charge in [0, 0.05) is 23.8 Å². The van der Waals surface area contributed by atoms with Crippen LogP contribution >= 0.6 is 23.1 Å². The molecule has 1 aliphatic heterocycles. The topological polar surface area (TPSA) is 73.9 Å². The minimum absolute atomic E-state index is 0.0403. The van der Waals surface area contributed by atoms with Crippen molar-refractivity contribution < 1.29 is 4.79 Å². The molecule has 176 valence electrons. The van der Waals surface area contributed by atoms with Gasteiger partial charge in [-0.15, -0.1) is 5.10 Å². The molecule has 0 bridgehead atoms. The van der Waals surface area contributed by atoms with Crippen molar-refractivity contribution in [2.45, 2.75) is 38.5 Å². The Morgan fingerprint density at radius 2 is 2.12 bits per heavy atom. The Kier molecular flexibility index (Phi) is 6.94. The van der Waals surface area contributed by atoms with Gasteiger partial charge in [0.25, 0.3) is 0 Å². The first-order valence-electron chi connectivity index (χ1n) is 11.7. The Balaban J connectivity index is 1.15. The molecule has 0 radical (unpaired) electrons.